The fourth-order valence-corrected chi connectivity index (χ4v) is 5.18. The van der Waals surface area contributed by atoms with Gasteiger partial charge in [-0.05, 0) is 61.5 Å². The zero-order chi connectivity index (χ0) is 23.1. The first-order valence-corrected chi connectivity index (χ1v) is 11.3. The van der Waals surface area contributed by atoms with Gasteiger partial charge in [0.25, 0.3) is 5.91 Å². The third kappa shape index (κ3) is 4.15. The second-order valence-electron chi connectivity index (χ2n) is 9.08. The molecule has 1 unspecified atom stereocenters. The minimum atomic E-state index is -0.818. The van der Waals surface area contributed by atoms with Crippen LogP contribution < -0.4 is 5.32 Å². The molecule has 0 aliphatic carbocycles. The van der Waals surface area contributed by atoms with E-state index in [2.05, 4.69) is 16.3 Å². The van der Waals surface area contributed by atoms with Crippen molar-refractivity contribution in [2.45, 2.75) is 50.7 Å². The van der Waals surface area contributed by atoms with E-state index in [9.17, 15) is 23.2 Å². The first-order valence-electron chi connectivity index (χ1n) is 11.3. The quantitative estimate of drug-likeness (QED) is 0.723. The summed E-state index contributed by atoms with van der Waals surface area (Å²) < 4.78 is 27.5. The van der Waals surface area contributed by atoms with Crippen LogP contribution >= 0.6 is 0 Å². The smallest absolute Gasteiger partial charge is 0.255 e. The molecule has 1 N–H and O–H groups in total. The topological polar surface area (TPSA) is 69.7 Å². The van der Waals surface area contributed by atoms with E-state index < -0.39 is 23.6 Å². The number of nitrogens with one attached hydrogen (secondary N) is 1. The predicted molar refractivity (Wildman–Crippen MR) is 116 cm³/mol. The number of piperidine rings is 2. The second kappa shape index (κ2) is 8.67. The van der Waals surface area contributed by atoms with Crippen LogP contribution in [0.1, 0.15) is 58.6 Å². The molecule has 6 nitrogen and oxygen atoms in total. The molecule has 172 valence electrons. The van der Waals surface area contributed by atoms with Crippen LogP contribution in [0.25, 0.3) is 0 Å². The summed E-state index contributed by atoms with van der Waals surface area (Å²) in [5.74, 6) is -2.14. The number of hydrogen-bond donors (Lipinski definition) is 1. The fourth-order valence-electron chi connectivity index (χ4n) is 5.18. The highest BCUT2D eigenvalue weighted by atomic mass is 19.2. The number of hydrogen-bond acceptors (Lipinski definition) is 4. The molecule has 3 aliphatic rings. The molecule has 0 saturated carbocycles. The molecule has 0 aromatic heterocycles. The van der Waals surface area contributed by atoms with E-state index in [1.54, 1.807) is 11.0 Å². The van der Waals surface area contributed by atoms with Crippen molar-refractivity contribution in [2.24, 2.45) is 0 Å². The highest BCUT2D eigenvalue weighted by Crippen LogP contribution is 2.34. The Balaban J connectivity index is 1.23. The lowest BCUT2D eigenvalue weighted by atomic mass is 9.87. The molecule has 3 amide bonds. The minimum absolute atomic E-state index is 0.169. The number of nitrogens with zero attached hydrogens (tertiary/aromatic N) is 2. The molecule has 0 spiro atoms. The summed E-state index contributed by atoms with van der Waals surface area (Å²) in [6.45, 7) is 2.31. The van der Waals surface area contributed by atoms with E-state index in [0.29, 0.717) is 36.6 Å². The van der Waals surface area contributed by atoms with E-state index in [1.807, 2.05) is 12.1 Å². The van der Waals surface area contributed by atoms with Crippen LogP contribution in [0.2, 0.25) is 0 Å². The van der Waals surface area contributed by atoms with Gasteiger partial charge in [-0.25, -0.2) is 8.78 Å². The number of imide groups is 1. The van der Waals surface area contributed by atoms with Crippen LogP contribution in [0.5, 0.6) is 0 Å². The Labute approximate surface area is 190 Å². The zero-order valence-electron chi connectivity index (χ0n) is 18.2. The van der Waals surface area contributed by atoms with Crippen LogP contribution in [0.4, 0.5) is 8.78 Å². The molecule has 2 aromatic rings. The second-order valence-corrected chi connectivity index (χ2v) is 9.08. The average molecular weight is 453 g/mol. The monoisotopic (exact) mass is 453 g/mol. The molecule has 0 bridgehead atoms. The molecular formula is C25H25F2N3O3. The Bertz CT molecular complexity index is 1130. The summed E-state index contributed by atoms with van der Waals surface area (Å²) in [5, 5.41) is 2.32. The molecule has 5 rings (SSSR count). The molecule has 1 atom stereocenters. The summed E-state index contributed by atoms with van der Waals surface area (Å²) in [4.78, 5) is 40.2. The molecule has 3 aliphatic heterocycles. The van der Waals surface area contributed by atoms with Gasteiger partial charge in [-0.2, -0.15) is 0 Å². The number of likely N-dealkylation sites (tertiary alicyclic amines) is 1. The van der Waals surface area contributed by atoms with Gasteiger partial charge in [-0.15, -0.1) is 0 Å². The van der Waals surface area contributed by atoms with E-state index in [-0.39, 0.29) is 18.2 Å². The first-order chi connectivity index (χ1) is 15.9. The van der Waals surface area contributed by atoms with Gasteiger partial charge in [0, 0.05) is 30.6 Å². The van der Waals surface area contributed by atoms with Gasteiger partial charge in [0.1, 0.15) is 6.04 Å². The maximum absolute atomic E-state index is 14.0. The van der Waals surface area contributed by atoms with Crippen molar-refractivity contribution in [3.63, 3.8) is 0 Å². The standard InChI is InChI=1S/C25H25F2N3O3/c26-20-3-1-2-17(23(20)27)13-29-10-8-15(9-11-29)16-4-5-19-18(12-16)14-30(25(19)33)21-6-7-22(31)28-24(21)32/h1-5,12,15,21H,6-11,13-14H2,(H,28,31,32). The van der Waals surface area contributed by atoms with Crippen LogP contribution in [0.3, 0.4) is 0 Å². The van der Waals surface area contributed by atoms with Gasteiger partial charge >= 0.3 is 0 Å². The summed E-state index contributed by atoms with van der Waals surface area (Å²) in [5.41, 5.74) is 3.05. The molecular weight excluding hydrogens is 428 g/mol. The molecule has 8 heteroatoms. The lowest BCUT2D eigenvalue weighted by Gasteiger charge is -2.32. The van der Waals surface area contributed by atoms with Crippen LogP contribution in [-0.4, -0.2) is 46.7 Å². The fraction of sp³-hybridized carbons (Fsp3) is 0.400. The maximum Gasteiger partial charge on any atom is 0.255 e. The molecule has 2 fully saturated rings. The van der Waals surface area contributed by atoms with Gasteiger partial charge in [-0.1, -0.05) is 24.3 Å². The number of carbonyl (C=O) groups excluding carboxylic acids is 3. The predicted octanol–water partition coefficient (Wildman–Crippen LogP) is 3.11. The Morgan fingerprint density at radius 3 is 2.55 bits per heavy atom. The maximum atomic E-state index is 14.0. The van der Waals surface area contributed by atoms with Crippen molar-refractivity contribution in [1.29, 1.82) is 0 Å². The van der Waals surface area contributed by atoms with Crippen molar-refractivity contribution in [1.82, 2.24) is 15.1 Å². The third-order valence-electron chi connectivity index (χ3n) is 7.03. The highest BCUT2D eigenvalue weighted by molar-refractivity contribution is 6.05. The Kier molecular flexibility index (Phi) is 5.70. The Hall–Kier alpha value is -3.13. The van der Waals surface area contributed by atoms with Crippen molar-refractivity contribution in [3.05, 3.63) is 70.3 Å². The third-order valence-corrected chi connectivity index (χ3v) is 7.03. The van der Waals surface area contributed by atoms with Crippen molar-refractivity contribution in [3.8, 4) is 0 Å². The first kappa shape index (κ1) is 21.7. The van der Waals surface area contributed by atoms with Crippen molar-refractivity contribution >= 4 is 17.7 Å². The largest absolute Gasteiger partial charge is 0.322 e. The van der Waals surface area contributed by atoms with Gasteiger partial charge in [0.2, 0.25) is 11.8 Å². The number of carbonyl (C=O) groups is 3. The number of fused-ring (bicyclic) bond motifs is 1. The summed E-state index contributed by atoms with van der Waals surface area (Å²) in [6, 6.07) is 9.56. The molecule has 2 aromatic carbocycles. The Morgan fingerprint density at radius 1 is 1.00 bits per heavy atom. The van der Waals surface area contributed by atoms with Gasteiger partial charge in [0.05, 0.1) is 0 Å². The van der Waals surface area contributed by atoms with Crippen LogP contribution in [-0.2, 0) is 22.7 Å². The van der Waals surface area contributed by atoms with Crippen molar-refractivity contribution in [2.75, 3.05) is 13.1 Å². The number of halogens is 2. The van der Waals surface area contributed by atoms with Gasteiger partial charge < -0.3 is 4.90 Å². The number of rotatable bonds is 4. The molecule has 3 heterocycles. The van der Waals surface area contributed by atoms with Crippen molar-refractivity contribution < 1.29 is 23.2 Å². The average Bonchev–Trinajstić information content (AvgIpc) is 3.13. The molecule has 2 saturated heterocycles. The van der Waals surface area contributed by atoms with Gasteiger partial charge in [-0.3, -0.25) is 24.6 Å². The number of benzene rings is 2. The SMILES string of the molecule is O=C1CCC(N2Cc3cc(C4CCN(Cc5cccc(F)c5F)CC4)ccc3C2=O)C(=O)N1. The van der Waals surface area contributed by atoms with E-state index in [1.165, 1.54) is 6.07 Å². The summed E-state index contributed by atoms with van der Waals surface area (Å²) in [7, 11) is 0. The lowest BCUT2D eigenvalue weighted by Crippen LogP contribution is -2.52. The minimum Gasteiger partial charge on any atom is -0.322 e. The van der Waals surface area contributed by atoms with E-state index in [0.717, 1.165) is 43.1 Å². The molecule has 33 heavy (non-hydrogen) atoms. The van der Waals surface area contributed by atoms with Crippen LogP contribution in [0.15, 0.2) is 36.4 Å². The number of amides is 3. The zero-order valence-corrected chi connectivity index (χ0v) is 18.2. The molecule has 0 radical (unpaired) electrons. The lowest BCUT2D eigenvalue weighted by molar-refractivity contribution is -0.136. The normalized spacial score (nSPS) is 21.9. The summed E-state index contributed by atoms with van der Waals surface area (Å²) >= 11 is 0. The Morgan fingerprint density at radius 2 is 1.79 bits per heavy atom. The summed E-state index contributed by atoms with van der Waals surface area (Å²) in [6.07, 6.45) is 2.36. The highest BCUT2D eigenvalue weighted by Gasteiger charge is 2.39. The van der Waals surface area contributed by atoms with Crippen LogP contribution in [0, 0.1) is 11.6 Å². The van der Waals surface area contributed by atoms with E-state index >= 15 is 0 Å². The van der Waals surface area contributed by atoms with E-state index in [4.69, 9.17) is 0 Å². The van der Waals surface area contributed by atoms with Gasteiger partial charge in [0.15, 0.2) is 11.6 Å².